The molecule has 1 unspecified atom stereocenters. The fraction of sp³-hybridized carbons (Fsp3) is 0.200. The molecule has 0 bridgehead atoms. The second kappa shape index (κ2) is 9.89. The third-order valence-electron chi connectivity index (χ3n) is 5.33. The minimum Gasteiger partial charge on any atom is -0.493 e. The molecule has 0 saturated heterocycles. The number of thiazole rings is 1. The van der Waals surface area contributed by atoms with Crippen LogP contribution in [0.15, 0.2) is 63.5 Å². The van der Waals surface area contributed by atoms with Gasteiger partial charge in [0, 0.05) is 11.9 Å². The summed E-state index contributed by atoms with van der Waals surface area (Å²) in [5, 5.41) is 0.549. The van der Waals surface area contributed by atoms with Crippen molar-refractivity contribution in [1.82, 2.24) is 4.57 Å². The van der Waals surface area contributed by atoms with Crippen LogP contribution in [-0.2, 0) is 14.3 Å². The van der Waals surface area contributed by atoms with Gasteiger partial charge in [-0.3, -0.25) is 14.2 Å². The predicted molar refractivity (Wildman–Crippen MR) is 132 cm³/mol. The number of methoxy groups -OCH3 is 2. The van der Waals surface area contributed by atoms with Gasteiger partial charge in [0.2, 0.25) is 0 Å². The lowest BCUT2D eigenvalue weighted by Crippen LogP contribution is -2.39. The summed E-state index contributed by atoms with van der Waals surface area (Å²) >= 11 is 7.30. The second-order valence-corrected chi connectivity index (χ2v) is 9.08. The summed E-state index contributed by atoms with van der Waals surface area (Å²) in [7, 11) is 2.71. The van der Waals surface area contributed by atoms with Crippen LogP contribution in [0.5, 0.6) is 11.5 Å². The van der Waals surface area contributed by atoms with Crippen LogP contribution in [0.3, 0.4) is 0 Å². The van der Waals surface area contributed by atoms with Crippen molar-refractivity contribution in [1.29, 1.82) is 0 Å². The van der Waals surface area contributed by atoms with E-state index in [9.17, 15) is 14.4 Å². The number of carbonyl (C=O) groups excluding carboxylic acids is 2. The third kappa shape index (κ3) is 4.78. The molecule has 0 N–H and O–H groups in total. The van der Waals surface area contributed by atoms with E-state index in [1.54, 1.807) is 49.4 Å². The minimum atomic E-state index is -0.833. The lowest BCUT2D eigenvalue weighted by atomic mass is 9.95. The van der Waals surface area contributed by atoms with E-state index in [4.69, 9.17) is 25.8 Å². The van der Waals surface area contributed by atoms with Gasteiger partial charge in [-0.2, -0.15) is 0 Å². The van der Waals surface area contributed by atoms with E-state index in [1.807, 2.05) is 6.07 Å². The number of hydrogen-bond donors (Lipinski definition) is 0. The number of rotatable bonds is 5. The maximum atomic E-state index is 13.6. The molecule has 1 atom stereocenters. The molecule has 2 aromatic carbocycles. The minimum absolute atomic E-state index is 0.219. The van der Waals surface area contributed by atoms with Crippen molar-refractivity contribution >= 4 is 41.0 Å². The predicted octanol–water partition coefficient (Wildman–Crippen LogP) is 3.00. The van der Waals surface area contributed by atoms with E-state index in [1.165, 1.54) is 37.0 Å². The van der Waals surface area contributed by atoms with E-state index < -0.39 is 18.0 Å². The SMILES string of the molecule is COC(=O)C1=C(C)N=c2sc(=Cc3cccc(Cl)c3)c(=O)n2C1c1ccc(OC(C)=O)c(OC)c1. The quantitative estimate of drug-likeness (QED) is 0.385. The van der Waals surface area contributed by atoms with Gasteiger partial charge >= 0.3 is 11.9 Å². The highest BCUT2D eigenvalue weighted by atomic mass is 35.5. The largest absolute Gasteiger partial charge is 0.493 e. The van der Waals surface area contributed by atoms with Gasteiger partial charge in [0.15, 0.2) is 16.3 Å². The lowest BCUT2D eigenvalue weighted by Gasteiger charge is -2.25. The smallest absolute Gasteiger partial charge is 0.338 e. The highest BCUT2D eigenvalue weighted by Crippen LogP contribution is 2.36. The first kappa shape index (κ1) is 24.4. The Morgan fingerprint density at radius 3 is 2.57 bits per heavy atom. The third-order valence-corrected chi connectivity index (χ3v) is 6.55. The van der Waals surface area contributed by atoms with Gasteiger partial charge in [-0.15, -0.1) is 0 Å². The summed E-state index contributed by atoms with van der Waals surface area (Å²) in [5.41, 5.74) is 1.64. The summed E-state index contributed by atoms with van der Waals surface area (Å²) in [4.78, 5) is 42.8. The highest BCUT2D eigenvalue weighted by Gasteiger charge is 2.33. The number of allylic oxidation sites excluding steroid dienone is 1. The first-order valence-electron chi connectivity index (χ1n) is 10.5. The topological polar surface area (TPSA) is 96.2 Å². The lowest BCUT2D eigenvalue weighted by molar-refractivity contribution is -0.136. The molecule has 1 aliphatic heterocycles. The zero-order chi connectivity index (χ0) is 25.3. The van der Waals surface area contributed by atoms with Crippen LogP contribution < -0.4 is 24.4 Å². The van der Waals surface area contributed by atoms with E-state index in [0.717, 1.165) is 5.56 Å². The molecule has 2 heterocycles. The fourth-order valence-corrected chi connectivity index (χ4v) is 5.09. The number of nitrogens with zero attached hydrogens (tertiary/aromatic N) is 2. The van der Waals surface area contributed by atoms with Crippen molar-refractivity contribution in [3.05, 3.63) is 89.6 Å². The number of benzene rings is 2. The molecule has 1 aliphatic rings. The van der Waals surface area contributed by atoms with Crippen molar-refractivity contribution in [2.75, 3.05) is 14.2 Å². The second-order valence-electron chi connectivity index (χ2n) is 7.63. The Labute approximate surface area is 209 Å². The Morgan fingerprint density at radius 1 is 1.14 bits per heavy atom. The van der Waals surface area contributed by atoms with E-state index in [-0.39, 0.29) is 22.6 Å². The van der Waals surface area contributed by atoms with Gasteiger partial charge in [0.25, 0.3) is 5.56 Å². The van der Waals surface area contributed by atoms with Gasteiger partial charge in [-0.05, 0) is 48.4 Å². The van der Waals surface area contributed by atoms with Crippen LogP contribution in [-0.4, -0.2) is 30.7 Å². The standard InChI is InChI=1S/C25H21ClN2O6S/c1-13-21(24(31)33-4)22(16-8-9-18(34-14(2)29)19(12-16)32-3)28-23(30)20(35-25(28)27-13)11-15-6-5-7-17(26)10-15/h5-12,22H,1-4H3. The summed E-state index contributed by atoms with van der Waals surface area (Å²) in [6.07, 6.45) is 1.73. The average molecular weight is 513 g/mol. The molecule has 0 aliphatic carbocycles. The van der Waals surface area contributed by atoms with Crippen molar-refractivity contribution in [2.45, 2.75) is 19.9 Å². The molecule has 0 saturated carbocycles. The van der Waals surface area contributed by atoms with Crippen LogP contribution in [0.25, 0.3) is 6.08 Å². The Hall–Kier alpha value is -3.69. The zero-order valence-electron chi connectivity index (χ0n) is 19.3. The first-order valence-corrected chi connectivity index (χ1v) is 11.7. The van der Waals surface area contributed by atoms with Crippen LogP contribution in [0.1, 0.15) is 31.0 Å². The fourth-order valence-electron chi connectivity index (χ4n) is 3.85. The molecule has 0 fully saturated rings. The van der Waals surface area contributed by atoms with Crippen LogP contribution in [0, 0.1) is 0 Å². The molecular formula is C25H21ClN2O6S. The molecule has 10 heteroatoms. The monoisotopic (exact) mass is 512 g/mol. The number of ether oxygens (including phenoxy) is 3. The average Bonchev–Trinajstić information content (AvgIpc) is 3.12. The maximum absolute atomic E-state index is 13.6. The number of fused-ring (bicyclic) bond motifs is 1. The molecular weight excluding hydrogens is 492 g/mol. The van der Waals surface area contributed by atoms with Crippen molar-refractivity contribution in [3.8, 4) is 11.5 Å². The van der Waals surface area contributed by atoms with Crippen LogP contribution in [0.4, 0.5) is 0 Å². The summed E-state index contributed by atoms with van der Waals surface area (Å²) in [6, 6.07) is 11.2. The maximum Gasteiger partial charge on any atom is 0.338 e. The van der Waals surface area contributed by atoms with Gasteiger partial charge in [-0.1, -0.05) is 41.1 Å². The van der Waals surface area contributed by atoms with Gasteiger partial charge in [0.1, 0.15) is 0 Å². The van der Waals surface area contributed by atoms with Crippen LogP contribution in [0.2, 0.25) is 5.02 Å². The van der Waals surface area contributed by atoms with Crippen molar-refractivity contribution in [3.63, 3.8) is 0 Å². The van der Waals surface area contributed by atoms with E-state index in [2.05, 4.69) is 4.99 Å². The summed E-state index contributed by atoms with van der Waals surface area (Å²) in [6.45, 7) is 2.98. The molecule has 0 radical (unpaired) electrons. The Balaban J connectivity index is 1.96. The first-order chi connectivity index (χ1) is 16.7. The Bertz CT molecular complexity index is 1550. The van der Waals surface area contributed by atoms with Gasteiger partial charge in [0.05, 0.1) is 36.1 Å². The van der Waals surface area contributed by atoms with E-state index >= 15 is 0 Å². The Kier molecular flexibility index (Phi) is 6.90. The summed E-state index contributed by atoms with van der Waals surface area (Å²) < 4.78 is 17.5. The van der Waals surface area contributed by atoms with Crippen LogP contribution >= 0.6 is 22.9 Å². The van der Waals surface area contributed by atoms with Gasteiger partial charge < -0.3 is 14.2 Å². The number of esters is 2. The highest BCUT2D eigenvalue weighted by molar-refractivity contribution is 7.07. The van der Waals surface area contributed by atoms with E-state index in [0.29, 0.717) is 25.6 Å². The Morgan fingerprint density at radius 2 is 1.91 bits per heavy atom. The molecule has 0 amide bonds. The summed E-state index contributed by atoms with van der Waals surface area (Å²) in [5.74, 6) is -0.616. The molecule has 8 nitrogen and oxygen atoms in total. The molecule has 35 heavy (non-hydrogen) atoms. The number of halogens is 1. The number of carbonyl (C=O) groups is 2. The normalized spacial score (nSPS) is 15.3. The molecule has 3 aromatic rings. The molecule has 4 rings (SSSR count). The molecule has 1 aromatic heterocycles. The number of hydrogen-bond acceptors (Lipinski definition) is 8. The molecule has 0 spiro atoms. The molecule has 180 valence electrons. The number of aromatic nitrogens is 1. The van der Waals surface area contributed by atoms with Crippen molar-refractivity contribution < 1.29 is 23.8 Å². The van der Waals surface area contributed by atoms with Crippen molar-refractivity contribution in [2.24, 2.45) is 4.99 Å². The van der Waals surface area contributed by atoms with Gasteiger partial charge in [-0.25, -0.2) is 9.79 Å². The zero-order valence-corrected chi connectivity index (χ0v) is 20.9.